The molecule has 0 amide bonds. The van der Waals surface area contributed by atoms with Crippen molar-refractivity contribution in [3.8, 4) is 0 Å². The van der Waals surface area contributed by atoms with E-state index in [1.807, 2.05) is 18.2 Å². The van der Waals surface area contributed by atoms with E-state index in [9.17, 15) is 8.42 Å². The fourth-order valence-corrected chi connectivity index (χ4v) is 4.24. The Morgan fingerprint density at radius 2 is 2.00 bits per heavy atom. The lowest BCUT2D eigenvalue weighted by Crippen LogP contribution is -2.48. The summed E-state index contributed by atoms with van der Waals surface area (Å²) in [6.45, 7) is 1.82. The Bertz CT molecular complexity index is 572. The van der Waals surface area contributed by atoms with Crippen molar-refractivity contribution in [1.29, 1.82) is 0 Å². The van der Waals surface area contributed by atoms with Crippen molar-refractivity contribution < 1.29 is 13.2 Å². The molecule has 1 N–H and O–H groups in total. The van der Waals surface area contributed by atoms with Crippen LogP contribution in [0.4, 0.5) is 0 Å². The summed E-state index contributed by atoms with van der Waals surface area (Å²) >= 11 is 0. The van der Waals surface area contributed by atoms with Crippen LogP contribution in [0, 0.1) is 0 Å². The van der Waals surface area contributed by atoms with Crippen molar-refractivity contribution in [2.24, 2.45) is 0 Å². The van der Waals surface area contributed by atoms with Crippen molar-refractivity contribution in [1.82, 2.24) is 9.62 Å². The summed E-state index contributed by atoms with van der Waals surface area (Å²) in [7, 11) is -1.10. The summed E-state index contributed by atoms with van der Waals surface area (Å²) in [4.78, 5) is 2.23. The average molecular weight is 310 g/mol. The maximum Gasteiger partial charge on any atom is 0.214 e. The summed E-state index contributed by atoms with van der Waals surface area (Å²) in [5.74, 6) is 0. The molecule has 1 saturated carbocycles. The lowest BCUT2D eigenvalue weighted by Gasteiger charge is -2.39. The van der Waals surface area contributed by atoms with Crippen LogP contribution >= 0.6 is 0 Å². The highest BCUT2D eigenvalue weighted by molar-refractivity contribution is 7.90. The van der Waals surface area contributed by atoms with Crippen molar-refractivity contribution in [3.63, 3.8) is 0 Å². The summed E-state index contributed by atoms with van der Waals surface area (Å²) in [5, 5.41) is -0.186. The van der Waals surface area contributed by atoms with E-state index in [1.165, 1.54) is 0 Å². The van der Waals surface area contributed by atoms with Gasteiger partial charge in [-0.05, 0) is 25.5 Å². The summed E-state index contributed by atoms with van der Waals surface area (Å²) in [6, 6.07) is 10.2. The Morgan fingerprint density at radius 1 is 1.29 bits per heavy atom. The third-order valence-electron chi connectivity index (χ3n) is 4.19. The molecule has 1 saturated heterocycles. The largest absolute Gasteiger partial charge is 0.374 e. The first-order valence-electron chi connectivity index (χ1n) is 7.43. The number of hydrogen-bond donors (Lipinski definition) is 1. The van der Waals surface area contributed by atoms with Gasteiger partial charge in [0.2, 0.25) is 10.0 Å². The molecule has 3 rings (SSSR count). The third-order valence-corrected chi connectivity index (χ3v) is 6.11. The van der Waals surface area contributed by atoms with Crippen LogP contribution in [-0.4, -0.2) is 51.4 Å². The first-order chi connectivity index (χ1) is 10.1. The molecule has 0 radical (unpaired) electrons. The van der Waals surface area contributed by atoms with Gasteiger partial charge in [-0.25, -0.2) is 13.1 Å². The number of sulfonamides is 1. The van der Waals surface area contributed by atoms with Crippen LogP contribution in [0.2, 0.25) is 0 Å². The van der Waals surface area contributed by atoms with Gasteiger partial charge in [0.1, 0.15) is 0 Å². The average Bonchev–Trinajstić information content (AvgIpc) is 3.31. The lowest BCUT2D eigenvalue weighted by atomic mass is 9.99. The molecule has 1 heterocycles. The molecule has 2 aliphatic rings. The SMILES string of the molecule is CN1CCO[C@@H](CNS(=O)(=O)C2CC2)[C@@H]1c1ccccc1. The van der Waals surface area contributed by atoms with Crippen LogP contribution in [0.25, 0.3) is 0 Å². The predicted molar refractivity (Wildman–Crippen MR) is 81.5 cm³/mol. The minimum absolute atomic E-state index is 0.0850. The van der Waals surface area contributed by atoms with Crippen molar-refractivity contribution in [2.75, 3.05) is 26.7 Å². The molecule has 0 aromatic heterocycles. The zero-order chi connectivity index (χ0) is 14.9. The second-order valence-electron chi connectivity index (χ2n) is 5.84. The van der Waals surface area contributed by atoms with E-state index >= 15 is 0 Å². The van der Waals surface area contributed by atoms with Crippen molar-refractivity contribution in [3.05, 3.63) is 35.9 Å². The van der Waals surface area contributed by atoms with Gasteiger partial charge < -0.3 is 4.74 Å². The second-order valence-corrected chi connectivity index (χ2v) is 7.88. The zero-order valence-electron chi connectivity index (χ0n) is 12.2. The molecule has 0 bridgehead atoms. The molecular formula is C15H22N2O3S. The molecule has 0 spiro atoms. The molecule has 1 aromatic carbocycles. The number of nitrogens with zero attached hydrogens (tertiary/aromatic N) is 1. The number of hydrogen-bond acceptors (Lipinski definition) is 4. The van der Waals surface area contributed by atoms with E-state index in [0.29, 0.717) is 13.2 Å². The summed E-state index contributed by atoms with van der Waals surface area (Å²) in [5.41, 5.74) is 1.16. The van der Waals surface area contributed by atoms with E-state index in [-0.39, 0.29) is 17.4 Å². The van der Waals surface area contributed by atoms with E-state index in [0.717, 1.165) is 24.9 Å². The number of benzene rings is 1. The topological polar surface area (TPSA) is 58.6 Å². The van der Waals surface area contributed by atoms with Crippen molar-refractivity contribution >= 4 is 10.0 Å². The van der Waals surface area contributed by atoms with Gasteiger partial charge in [-0.1, -0.05) is 30.3 Å². The number of nitrogens with one attached hydrogen (secondary N) is 1. The van der Waals surface area contributed by atoms with Crippen LogP contribution < -0.4 is 4.72 Å². The van der Waals surface area contributed by atoms with Gasteiger partial charge >= 0.3 is 0 Å². The predicted octanol–water partition coefficient (Wildman–Crippen LogP) is 1.14. The highest BCUT2D eigenvalue weighted by Gasteiger charge is 2.37. The van der Waals surface area contributed by atoms with Gasteiger partial charge in [-0.15, -0.1) is 0 Å². The molecule has 1 aliphatic carbocycles. The second kappa shape index (κ2) is 6.04. The summed E-state index contributed by atoms with van der Waals surface area (Å²) in [6.07, 6.45) is 1.41. The Morgan fingerprint density at radius 3 is 2.67 bits per heavy atom. The Labute approximate surface area is 126 Å². The van der Waals surface area contributed by atoms with Gasteiger partial charge in [-0.2, -0.15) is 0 Å². The molecule has 1 aliphatic heterocycles. The monoisotopic (exact) mass is 310 g/mol. The first kappa shape index (κ1) is 15.0. The Balaban J connectivity index is 1.72. The van der Waals surface area contributed by atoms with Gasteiger partial charge in [0.15, 0.2) is 0 Å². The summed E-state index contributed by atoms with van der Waals surface area (Å²) < 4.78 is 32.5. The fourth-order valence-electron chi connectivity index (χ4n) is 2.85. The molecule has 0 unspecified atom stereocenters. The standard InChI is InChI=1S/C15H22N2O3S/c1-17-9-10-20-14(11-16-21(18,19)13-7-8-13)15(17)12-5-3-2-4-6-12/h2-6,13-16H,7-11H2,1H3/t14-,15-/m0/s1. The smallest absolute Gasteiger partial charge is 0.214 e. The van der Waals surface area contributed by atoms with E-state index in [2.05, 4.69) is 28.8 Å². The van der Waals surface area contributed by atoms with Crippen molar-refractivity contribution in [2.45, 2.75) is 30.2 Å². The van der Waals surface area contributed by atoms with Gasteiger partial charge in [0.25, 0.3) is 0 Å². The molecule has 5 nitrogen and oxygen atoms in total. The van der Waals surface area contributed by atoms with Gasteiger partial charge in [0.05, 0.1) is 24.0 Å². The van der Waals surface area contributed by atoms with E-state index in [1.54, 1.807) is 0 Å². The number of morpholine rings is 1. The molecule has 21 heavy (non-hydrogen) atoms. The number of ether oxygens (including phenoxy) is 1. The minimum atomic E-state index is -3.16. The molecule has 2 atom stereocenters. The maximum atomic E-state index is 12.0. The normalized spacial score (nSPS) is 27.7. The number of rotatable bonds is 5. The molecule has 116 valence electrons. The third kappa shape index (κ3) is 3.45. The zero-order valence-corrected chi connectivity index (χ0v) is 13.1. The van der Waals surface area contributed by atoms with Crippen LogP contribution in [0.1, 0.15) is 24.4 Å². The van der Waals surface area contributed by atoms with Gasteiger partial charge in [0, 0.05) is 13.1 Å². The van der Waals surface area contributed by atoms with Crippen LogP contribution in [0.3, 0.4) is 0 Å². The molecule has 6 heteroatoms. The molecule has 2 fully saturated rings. The number of likely N-dealkylation sites (N-methyl/N-ethyl adjacent to an activating group) is 1. The molecular weight excluding hydrogens is 288 g/mol. The Hall–Kier alpha value is -0.950. The fraction of sp³-hybridized carbons (Fsp3) is 0.600. The molecule has 1 aromatic rings. The minimum Gasteiger partial charge on any atom is -0.374 e. The maximum absolute atomic E-state index is 12.0. The van der Waals surface area contributed by atoms with Gasteiger partial charge in [-0.3, -0.25) is 4.90 Å². The first-order valence-corrected chi connectivity index (χ1v) is 8.98. The van der Waals surface area contributed by atoms with Crippen LogP contribution in [0.15, 0.2) is 30.3 Å². The highest BCUT2D eigenvalue weighted by atomic mass is 32.2. The Kier molecular flexibility index (Phi) is 4.31. The lowest BCUT2D eigenvalue weighted by molar-refractivity contribution is -0.0592. The highest BCUT2D eigenvalue weighted by Crippen LogP contribution is 2.30. The van der Waals surface area contributed by atoms with Crippen LogP contribution in [0.5, 0.6) is 0 Å². The quantitative estimate of drug-likeness (QED) is 0.886. The van der Waals surface area contributed by atoms with E-state index in [4.69, 9.17) is 4.74 Å². The van der Waals surface area contributed by atoms with Crippen LogP contribution in [-0.2, 0) is 14.8 Å². The van der Waals surface area contributed by atoms with E-state index < -0.39 is 10.0 Å².